The first kappa shape index (κ1) is 13.1. The van der Waals surface area contributed by atoms with Crippen LogP contribution in [0.1, 0.15) is 32.0 Å². The second kappa shape index (κ2) is 5.97. The normalized spacial score (nSPS) is 12.1. The van der Waals surface area contributed by atoms with Crippen molar-refractivity contribution in [2.75, 3.05) is 6.54 Å². The lowest BCUT2D eigenvalue weighted by atomic mass is 10.3. The molecule has 0 radical (unpaired) electrons. The van der Waals surface area contributed by atoms with Crippen molar-refractivity contribution >= 4 is 11.9 Å². The minimum atomic E-state index is -0.972. The summed E-state index contributed by atoms with van der Waals surface area (Å²) < 4.78 is 1.36. The highest BCUT2D eigenvalue weighted by atomic mass is 16.4. The largest absolute Gasteiger partial charge is 0.481 e. The first-order valence-electron chi connectivity index (χ1n) is 5.44. The summed E-state index contributed by atoms with van der Waals surface area (Å²) in [5.41, 5.74) is 0.340. The maximum absolute atomic E-state index is 11.6. The van der Waals surface area contributed by atoms with Crippen LogP contribution in [0.2, 0.25) is 0 Å². The molecule has 0 aliphatic rings. The molecule has 0 aromatic carbocycles. The number of aromatic nitrogens is 3. The summed E-state index contributed by atoms with van der Waals surface area (Å²) in [4.78, 5) is 22.1. The lowest BCUT2D eigenvalue weighted by Crippen LogP contribution is -2.31. The Morgan fingerprint density at radius 3 is 2.88 bits per heavy atom. The predicted molar refractivity (Wildman–Crippen MR) is 59.4 cm³/mol. The number of nitrogens with one attached hydrogen (secondary N) is 1. The van der Waals surface area contributed by atoms with Crippen LogP contribution in [0.25, 0.3) is 0 Å². The number of rotatable bonds is 6. The fraction of sp³-hybridized carbons (Fsp3) is 0.600. The van der Waals surface area contributed by atoms with E-state index in [1.807, 2.05) is 6.92 Å². The number of hydrogen-bond donors (Lipinski definition) is 2. The van der Waals surface area contributed by atoms with Crippen LogP contribution in [0.5, 0.6) is 0 Å². The van der Waals surface area contributed by atoms with Crippen LogP contribution in [0.3, 0.4) is 0 Å². The molecule has 17 heavy (non-hydrogen) atoms. The van der Waals surface area contributed by atoms with Gasteiger partial charge in [0, 0.05) is 12.7 Å². The average molecular weight is 240 g/mol. The number of carboxylic acid groups (broad SMARTS) is 1. The first-order valence-corrected chi connectivity index (χ1v) is 5.44. The molecule has 0 aliphatic heterocycles. The van der Waals surface area contributed by atoms with E-state index in [2.05, 4.69) is 15.6 Å². The zero-order valence-electron chi connectivity index (χ0n) is 9.88. The molecule has 1 atom stereocenters. The van der Waals surface area contributed by atoms with E-state index in [0.717, 1.165) is 6.42 Å². The molecular weight excluding hydrogens is 224 g/mol. The molecule has 2 N–H and O–H groups in total. The summed E-state index contributed by atoms with van der Waals surface area (Å²) in [7, 11) is 0. The molecule has 0 saturated carbocycles. The third kappa shape index (κ3) is 3.86. The van der Waals surface area contributed by atoms with Gasteiger partial charge in [-0.05, 0) is 13.3 Å². The molecule has 0 spiro atoms. The van der Waals surface area contributed by atoms with E-state index >= 15 is 0 Å². The number of amides is 1. The highest BCUT2D eigenvalue weighted by Crippen LogP contribution is 2.05. The van der Waals surface area contributed by atoms with E-state index in [9.17, 15) is 9.59 Å². The highest BCUT2D eigenvalue weighted by molar-refractivity contribution is 5.79. The van der Waals surface area contributed by atoms with Gasteiger partial charge in [-0.15, -0.1) is 5.10 Å². The molecule has 0 bridgehead atoms. The quantitative estimate of drug-likeness (QED) is 0.729. The number of nitrogens with zero attached hydrogens (tertiary/aromatic N) is 3. The van der Waals surface area contributed by atoms with E-state index in [-0.39, 0.29) is 12.3 Å². The van der Waals surface area contributed by atoms with Crippen LogP contribution in [0.4, 0.5) is 0 Å². The third-order valence-electron chi connectivity index (χ3n) is 2.22. The van der Waals surface area contributed by atoms with Crippen LogP contribution < -0.4 is 5.32 Å². The molecule has 1 rings (SSSR count). The standard InChI is InChI=1S/C10H16N4O3/c1-3-4-11-10(17)7(2)14-6-8(12-13-14)5-9(15)16/h6-7H,3-5H2,1-2H3,(H,11,17)(H,15,16). The summed E-state index contributed by atoms with van der Waals surface area (Å²) in [6.07, 6.45) is 2.15. The zero-order valence-corrected chi connectivity index (χ0v) is 9.88. The van der Waals surface area contributed by atoms with E-state index < -0.39 is 12.0 Å². The number of carboxylic acids is 1. The lowest BCUT2D eigenvalue weighted by molar-refractivity contribution is -0.136. The van der Waals surface area contributed by atoms with E-state index in [4.69, 9.17) is 5.11 Å². The van der Waals surface area contributed by atoms with Crippen LogP contribution >= 0.6 is 0 Å². The van der Waals surface area contributed by atoms with Gasteiger partial charge in [0.15, 0.2) is 0 Å². The molecule has 1 heterocycles. The average Bonchev–Trinajstić information content (AvgIpc) is 2.72. The monoisotopic (exact) mass is 240 g/mol. The molecule has 1 aromatic heterocycles. The Balaban J connectivity index is 2.62. The van der Waals surface area contributed by atoms with Crippen LogP contribution in [0.15, 0.2) is 6.20 Å². The molecule has 1 amide bonds. The summed E-state index contributed by atoms with van der Waals surface area (Å²) in [6.45, 7) is 4.26. The molecule has 1 aromatic rings. The van der Waals surface area contributed by atoms with E-state index in [1.165, 1.54) is 10.9 Å². The number of hydrogen-bond acceptors (Lipinski definition) is 4. The van der Waals surface area contributed by atoms with Gasteiger partial charge in [0.1, 0.15) is 6.04 Å². The van der Waals surface area contributed by atoms with Crippen molar-refractivity contribution in [2.45, 2.75) is 32.7 Å². The molecular formula is C10H16N4O3. The number of aliphatic carboxylic acids is 1. The summed E-state index contributed by atoms with van der Waals surface area (Å²) >= 11 is 0. The van der Waals surface area contributed by atoms with Gasteiger partial charge < -0.3 is 10.4 Å². The Bertz CT molecular complexity index is 402. The summed E-state index contributed by atoms with van der Waals surface area (Å²) in [6, 6.07) is -0.489. The van der Waals surface area contributed by atoms with E-state index in [1.54, 1.807) is 6.92 Å². The molecule has 7 heteroatoms. The van der Waals surface area contributed by atoms with Crippen LogP contribution in [-0.4, -0.2) is 38.5 Å². The van der Waals surface area contributed by atoms with Crippen molar-refractivity contribution in [3.05, 3.63) is 11.9 Å². The van der Waals surface area contributed by atoms with Gasteiger partial charge in [-0.25, -0.2) is 4.68 Å². The predicted octanol–water partition coefficient (Wildman–Crippen LogP) is -0.00760. The Labute approximate surface area is 98.8 Å². The molecule has 7 nitrogen and oxygen atoms in total. The third-order valence-corrected chi connectivity index (χ3v) is 2.22. The maximum Gasteiger partial charge on any atom is 0.309 e. The number of carbonyl (C=O) groups is 2. The second-order valence-corrected chi connectivity index (χ2v) is 3.73. The fourth-order valence-corrected chi connectivity index (χ4v) is 1.25. The Morgan fingerprint density at radius 2 is 2.29 bits per heavy atom. The zero-order chi connectivity index (χ0) is 12.8. The van der Waals surface area contributed by atoms with Gasteiger partial charge in [-0.2, -0.15) is 0 Å². The van der Waals surface area contributed by atoms with Crippen LogP contribution in [0, 0.1) is 0 Å². The van der Waals surface area contributed by atoms with Crippen molar-refractivity contribution in [1.82, 2.24) is 20.3 Å². The molecule has 0 aliphatic carbocycles. The molecule has 1 unspecified atom stereocenters. The second-order valence-electron chi connectivity index (χ2n) is 3.73. The van der Waals surface area contributed by atoms with Gasteiger partial charge in [0.05, 0.1) is 12.1 Å². The van der Waals surface area contributed by atoms with Crippen molar-refractivity contribution < 1.29 is 14.7 Å². The minimum Gasteiger partial charge on any atom is -0.481 e. The van der Waals surface area contributed by atoms with Gasteiger partial charge in [-0.1, -0.05) is 12.1 Å². The molecule has 0 saturated heterocycles. The van der Waals surface area contributed by atoms with Crippen LogP contribution in [-0.2, 0) is 16.0 Å². The molecule has 94 valence electrons. The minimum absolute atomic E-state index is 0.154. The van der Waals surface area contributed by atoms with Gasteiger partial charge >= 0.3 is 5.97 Å². The molecule has 0 fully saturated rings. The van der Waals surface area contributed by atoms with Gasteiger partial charge in [-0.3, -0.25) is 9.59 Å². The fourth-order valence-electron chi connectivity index (χ4n) is 1.25. The topological polar surface area (TPSA) is 97.1 Å². The van der Waals surface area contributed by atoms with Gasteiger partial charge in [0.2, 0.25) is 5.91 Å². The SMILES string of the molecule is CCCNC(=O)C(C)n1cc(CC(=O)O)nn1. The highest BCUT2D eigenvalue weighted by Gasteiger charge is 2.16. The van der Waals surface area contributed by atoms with Gasteiger partial charge in [0.25, 0.3) is 0 Å². The first-order chi connectivity index (χ1) is 8.04. The Hall–Kier alpha value is -1.92. The van der Waals surface area contributed by atoms with E-state index in [0.29, 0.717) is 12.2 Å². The number of carbonyl (C=O) groups excluding carboxylic acids is 1. The van der Waals surface area contributed by atoms with Crippen molar-refractivity contribution in [3.63, 3.8) is 0 Å². The summed E-state index contributed by atoms with van der Waals surface area (Å²) in [5.74, 6) is -1.13. The Kier molecular flexibility index (Phi) is 4.62. The lowest BCUT2D eigenvalue weighted by Gasteiger charge is -2.10. The van der Waals surface area contributed by atoms with Crippen molar-refractivity contribution in [1.29, 1.82) is 0 Å². The smallest absolute Gasteiger partial charge is 0.309 e. The Morgan fingerprint density at radius 1 is 1.59 bits per heavy atom. The van der Waals surface area contributed by atoms with Crippen molar-refractivity contribution in [2.24, 2.45) is 0 Å². The summed E-state index contributed by atoms with van der Waals surface area (Å²) in [5, 5.41) is 18.8. The van der Waals surface area contributed by atoms with Crippen molar-refractivity contribution in [3.8, 4) is 0 Å². The maximum atomic E-state index is 11.6.